The Morgan fingerprint density at radius 1 is 1.24 bits per heavy atom. The van der Waals surface area contributed by atoms with Crippen LogP contribution in [-0.4, -0.2) is 46.9 Å². The van der Waals surface area contributed by atoms with Crippen LogP contribution in [0.2, 0.25) is 0 Å². The van der Waals surface area contributed by atoms with Crippen LogP contribution in [0.15, 0.2) is 53.8 Å². The molecular weight excluding hydrogens is 439 g/mol. The van der Waals surface area contributed by atoms with Crippen molar-refractivity contribution in [2.24, 2.45) is 7.05 Å². The molecule has 1 fully saturated rings. The van der Waals surface area contributed by atoms with Gasteiger partial charge in [0.25, 0.3) is 5.91 Å². The number of fused-ring (bicyclic) bond motifs is 1. The Balaban J connectivity index is 1.46. The van der Waals surface area contributed by atoms with E-state index >= 15 is 0 Å². The van der Waals surface area contributed by atoms with E-state index in [2.05, 4.69) is 15.4 Å². The fraction of sp³-hybridized carbons (Fsp3) is 0.333. The Kier molecular flexibility index (Phi) is 5.74. The molecule has 3 heterocycles. The van der Waals surface area contributed by atoms with Crippen LogP contribution in [0.1, 0.15) is 41.6 Å². The lowest BCUT2D eigenvalue weighted by atomic mass is 9.92. The zero-order chi connectivity index (χ0) is 23.8. The van der Waals surface area contributed by atoms with Crippen LogP contribution in [0.3, 0.4) is 0 Å². The quantitative estimate of drug-likeness (QED) is 0.471. The molecule has 1 aliphatic rings. The number of hydrogen-bond donors (Lipinski definition) is 2. The lowest BCUT2D eigenvalue weighted by Gasteiger charge is -2.28. The number of aliphatic hydroxyl groups is 1. The van der Waals surface area contributed by atoms with Gasteiger partial charge in [0.2, 0.25) is 0 Å². The Hall–Kier alpha value is -3.79. The number of aliphatic hydroxyl groups excluding tert-OH is 1. The van der Waals surface area contributed by atoms with Gasteiger partial charge in [-0.3, -0.25) is 18.4 Å². The molecule has 2 atom stereocenters. The highest BCUT2D eigenvalue weighted by molar-refractivity contribution is 5.99. The molecule has 5 rings (SSSR count). The summed E-state index contributed by atoms with van der Waals surface area (Å²) in [5.74, 6) is -0.904. The number of nitrogens with one attached hydrogen (secondary N) is 1. The van der Waals surface area contributed by atoms with Crippen molar-refractivity contribution in [3.05, 3.63) is 76.5 Å². The SMILES string of the molecule is Cn1ccc(-c2ccc(Cn3cc(C(=O)N[C@H]4CCCC[C@@H]4O)c4nccn4c3=O)c(F)c2)n1. The molecule has 0 saturated heterocycles. The van der Waals surface area contributed by atoms with Gasteiger partial charge in [0.15, 0.2) is 5.65 Å². The Morgan fingerprint density at radius 2 is 2.06 bits per heavy atom. The van der Waals surface area contributed by atoms with Crippen molar-refractivity contribution < 1.29 is 14.3 Å². The Morgan fingerprint density at radius 3 is 2.79 bits per heavy atom. The summed E-state index contributed by atoms with van der Waals surface area (Å²) in [6.45, 7) is -0.0619. The van der Waals surface area contributed by atoms with E-state index in [1.54, 1.807) is 36.1 Å². The van der Waals surface area contributed by atoms with E-state index in [0.29, 0.717) is 29.7 Å². The highest BCUT2D eigenvalue weighted by atomic mass is 19.1. The summed E-state index contributed by atoms with van der Waals surface area (Å²) in [5, 5.41) is 17.4. The number of aryl methyl sites for hydroxylation is 1. The standard InChI is InChI=1S/C24H25FN6O3/c1-29-10-8-19(28-29)15-6-7-16(18(25)12-15)13-30-14-17(22-26-9-11-31(22)24(30)34)23(33)27-20-4-2-3-5-21(20)32/h6-12,14,20-21,32H,2-5,13H2,1H3,(H,27,33)/t20-,21-/m0/s1. The third-order valence-corrected chi connectivity index (χ3v) is 6.31. The average Bonchev–Trinajstić information content (AvgIpc) is 3.48. The van der Waals surface area contributed by atoms with Gasteiger partial charge >= 0.3 is 5.69 Å². The normalized spacial score (nSPS) is 18.3. The van der Waals surface area contributed by atoms with Gasteiger partial charge in [0.1, 0.15) is 5.82 Å². The summed E-state index contributed by atoms with van der Waals surface area (Å²) < 4.78 is 19.1. The average molecular weight is 465 g/mol. The number of imidazole rings is 1. The number of aromatic nitrogens is 5. The number of benzene rings is 1. The Labute approximate surface area is 194 Å². The highest BCUT2D eigenvalue weighted by Crippen LogP contribution is 2.22. The third kappa shape index (κ3) is 4.12. The molecule has 1 amide bonds. The fourth-order valence-corrected chi connectivity index (χ4v) is 4.45. The maximum Gasteiger partial charge on any atom is 0.334 e. The summed E-state index contributed by atoms with van der Waals surface area (Å²) in [6.07, 6.45) is 8.66. The number of carbonyl (C=O) groups is 1. The summed E-state index contributed by atoms with van der Waals surface area (Å²) >= 11 is 0. The van der Waals surface area contributed by atoms with Crippen LogP contribution >= 0.6 is 0 Å². The van der Waals surface area contributed by atoms with Crippen LogP contribution in [-0.2, 0) is 13.6 Å². The highest BCUT2D eigenvalue weighted by Gasteiger charge is 2.26. The van der Waals surface area contributed by atoms with Gasteiger partial charge in [-0.2, -0.15) is 5.10 Å². The maximum atomic E-state index is 14.9. The van der Waals surface area contributed by atoms with Crippen LogP contribution in [0.25, 0.3) is 16.9 Å². The van der Waals surface area contributed by atoms with Gasteiger partial charge in [-0.1, -0.05) is 25.0 Å². The van der Waals surface area contributed by atoms with E-state index in [0.717, 1.165) is 12.8 Å². The summed E-state index contributed by atoms with van der Waals surface area (Å²) in [4.78, 5) is 30.2. The fourth-order valence-electron chi connectivity index (χ4n) is 4.45. The van der Waals surface area contributed by atoms with Gasteiger partial charge in [0.05, 0.1) is 29.9 Å². The van der Waals surface area contributed by atoms with Crippen LogP contribution in [0.4, 0.5) is 4.39 Å². The van der Waals surface area contributed by atoms with Gasteiger partial charge in [-0.25, -0.2) is 14.2 Å². The summed E-state index contributed by atoms with van der Waals surface area (Å²) in [6, 6.07) is 6.19. The molecule has 4 aromatic rings. The van der Waals surface area contributed by atoms with Crippen LogP contribution < -0.4 is 11.0 Å². The van der Waals surface area contributed by atoms with E-state index < -0.39 is 23.5 Å². The number of hydrogen-bond acceptors (Lipinski definition) is 5. The second-order valence-corrected chi connectivity index (χ2v) is 8.69. The van der Waals surface area contributed by atoms with Crippen molar-refractivity contribution in [3.8, 4) is 11.3 Å². The first-order chi connectivity index (χ1) is 16.4. The molecule has 3 aromatic heterocycles. The molecule has 0 bridgehead atoms. The van der Waals surface area contributed by atoms with Gasteiger partial charge in [0, 0.05) is 43.0 Å². The van der Waals surface area contributed by atoms with E-state index in [-0.39, 0.29) is 23.8 Å². The lowest BCUT2D eigenvalue weighted by Crippen LogP contribution is -2.45. The molecule has 1 aromatic carbocycles. The van der Waals surface area contributed by atoms with Crippen molar-refractivity contribution in [2.45, 2.75) is 44.4 Å². The molecule has 10 heteroatoms. The first kappa shape index (κ1) is 22.0. The molecule has 0 radical (unpaired) electrons. The molecule has 1 saturated carbocycles. The smallest absolute Gasteiger partial charge is 0.334 e. The molecule has 1 aliphatic carbocycles. The minimum Gasteiger partial charge on any atom is -0.391 e. The predicted molar refractivity (Wildman–Crippen MR) is 123 cm³/mol. The second-order valence-electron chi connectivity index (χ2n) is 8.69. The van der Waals surface area contributed by atoms with Crippen molar-refractivity contribution >= 4 is 11.6 Å². The maximum absolute atomic E-state index is 14.9. The van der Waals surface area contributed by atoms with Crippen LogP contribution in [0, 0.1) is 5.82 Å². The molecule has 0 aliphatic heterocycles. The van der Waals surface area contributed by atoms with E-state index in [9.17, 15) is 19.1 Å². The molecular formula is C24H25FN6O3. The molecule has 0 unspecified atom stereocenters. The van der Waals surface area contributed by atoms with E-state index in [1.165, 1.54) is 33.6 Å². The molecule has 9 nitrogen and oxygen atoms in total. The Bertz CT molecular complexity index is 1420. The minimum absolute atomic E-state index is 0.0619. The molecule has 2 N–H and O–H groups in total. The number of halogens is 1. The second kappa shape index (κ2) is 8.86. The predicted octanol–water partition coefficient (Wildman–Crippen LogP) is 2.12. The monoisotopic (exact) mass is 464 g/mol. The minimum atomic E-state index is -0.605. The molecule has 176 valence electrons. The van der Waals surface area contributed by atoms with E-state index in [4.69, 9.17) is 0 Å². The third-order valence-electron chi connectivity index (χ3n) is 6.31. The largest absolute Gasteiger partial charge is 0.391 e. The number of rotatable bonds is 5. The van der Waals surface area contributed by atoms with Gasteiger partial charge < -0.3 is 10.4 Å². The van der Waals surface area contributed by atoms with Crippen LogP contribution in [0.5, 0.6) is 0 Å². The topological polar surface area (TPSA) is 106 Å². The van der Waals surface area contributed by atoms with Gasteiger partial charge in [-0.05, 0) is 25.0 Å². The number of amides is 1. The van der Waals surface area contributed by atoms with Crippen molar-refractivity contribution in [3.63, 3.8) is 0 Å². The summed E-state index contributed by atoms with van der Waals surface area (Å²) in [5.41, 5.74) is 1.55. The zero-order valence-corrected chi connectivity index (χ0v) is 18.7. The van der Waals surface area contributed by atoms with Crippen molar-refractivity contribution in [1.29, 1.82) is 0 Å². The number of carbonyl (C=O) groups excluding carboxylic acids is 1. The zero-order valence-electron chi connectivity index (χ0n) is 18.7. The summed E-state index contributed by atoms with van der Waals surface area (Å²) in [7, 11) is 1.79. The van der Waals surface area contributed by atoms with Crippen molar-refractivity contribution in [1.82, 2.24) is 29.0 Å². The number of nitrogens with zero attached hydrogens (tertiary/aromatic N) is 5. The first-order valence-electron chi connectivity index (χ1n) is 11.2. The molecule has 34 heavy (non-hydrogen) atoms. The first-order valence-corrected chi connectivity index (χ1v) is 11.2. The van der Waals surface area contributed by atoms with Crippen molar-refractivity contribution in [2.75, 3.05) is 0 Å². The van der Waals surface area contributed by atoms with E-state index in [1.807, 2.05) is 0 Å². The van der Waals surface area contributed by atoms with Gasteiger partial charge in [-0.15, -0.1) is 0 Å². The lowest BCUT2D eigenvalue weighted by molar-refractivity contribution is 0.0717. The molecule has 0 spiro atoms.